The normalized spacial score (nSPS) is 23.8. The van der Waals surface area contributed by atoms with Crippen molar-refractivity contribution < 1.29 is 14.6 Å². The minimum absolute atomic E-state index is 0.0689. The van der Waals surface area contributed by atoms with E-state index in [4.69, 9.17) is 26.0 Å². The lowest BCUT2D eigenvalue weighted by molar-refractivity contribution is -0.0880. The molecule has 0 aromatic carbocycles. The molecule has 5 N–H and O–H groups in total. The first kappa shape index (κ1) is 11.1. The molecule has 18 heavy (non-hydrogen) atoms. The lowest BCUT2D eigenvalue weighted by Gasteiger charge is -2.07. The molecule has 1 aliphatic heterocycles. The van der Waals surface area contributed by atoms with Crippen molar-refractivity contribution in [3.05, 3.63) is 11.8 Å². The highest BCUT2D eigenvalue weighted by molar-refractivity contribution is 5.53. The fourth-order valence-corrected chi connectivity index (χ4v) is 1.87. The first-order valence-corrected chi connectivity index (χ1v) is 5.33. The summed E-state index contributed by atoms with van der Waals surface area (Å²) in [6.45, 7) is 0.116. The Kier molecular flexibility index (Phi) is 2.51. The average Bonchev–Trinajstić information content (AvgIpc) is 2.93. The smallest absolute Gasteiger partial charge is 0.226 e. The molecule has 2 atom stereocenters. The molecular formula is C9H12N6O3. The predicted octanol–water partition coefficient (Wildman–Crippen LogP) is -1.31. The summed E-state index contributed by atoms with van der Waals surface area (Å²) in [7, 11) is 0. The number of fused-ring (bicyclic) bond motifs is 1. The number of aliphatic hydroxyl groups excluding tert-OH is 1. The third-order valence-corrected chi connectivity index (χ3v) is 2.68. The molecule has 0 amide bonds. The van der Waals surface area contributed by atoms with Crippen molar-refractivity contribution in [3.8, 4) is 0 Å². The molecule has 1 fully saturated rings. The van der Waals surface area contributed by atoms with Gasteiger partial charge in [0, 0.05) is 5.56 Å². The molecular weight excluding hydrogens is 240 g/mol. The van der Waals surface area contributed by atoms with Crippen molar-refractivity contribution in [1.29, 1.82) is 0 Å². The van der Waals surface area contributed by atoms with Crippen LogP contribution in [0.2, 0.25) is 0 Å². The molecule has 3 rings (SSSR count). The third kappa shape index (κ3) is 1.65. The largest absolute Gasteiger partial charge is 0.391 e. The van der Waals surface area contributed by atoms with Crippen LogP contribution in [0.25, 0.3) is 5.65 Å². The van der Waals surface area contributed by atoms with E-state index in [2.05, 4.69) is 15.1 Å². The van der Waals surface area contributed by atoms with Gasteiger partial charge in [-0.25, -0.2) is 0 Å². The number of nitrogen functional groups attached to an aromatic ring is 2. The van der Waals surface area contributed by atoms with E-state index < -0.39 is 6.29 Å². The molecule has 9 heteroatoms. The minimum Gasteiger partial charge on any atom is -0.391 e. The van der Waals surface area contributed by atoms with Gasteiger partial charge in [0.05, 0.1) is 19.4 Å². The van der Waals surface area contributed by atoms with Gasteiger partial charge in [-0.3, -0.25) is 0 Å². The summed E-state index contributed by atoms with van der Waals surface area (Å²) in [5.74, 6) is 0.223. The zero-order valence-corrected chi connectivity index (χ0v) is 9.35. The maximum Gasteiger partial charge on any atom is 0.226 e. The van der Waals surface area contributed by atoms with Crippen LogP contribution in [-0.4, -0.2) is 44.2 Å². The van der Waals surface area contributed by atoms with Crippen LogP contribution in [-0.2, 0) is 9.47 Å². The van der Waals surface area contributed by atoms with Gasteiger partial charge < -0.3 is 26.0 Å². The van der Waals surface area contributed by atoms with Gasteiger partial charge in [-0.05, 0) is 0 Å². The maximum absolute atomic E-state index is 8.95. The van der Waals surface area contributed by atoms with Crippen LogP contribution in [0.1, 0.15) is 11.7 Å². The van der Waals surface area contributed by atoms with Gasteiger partial charge in [-0.1, -0.05) is 0 Å². The highest BCUT2D eigenvalue weighted by atomic mass is 16.7. The first-order chi connectivity index (χ1) is 8.69. The zero-order chi connectivity index (χ0) is 12.7. The number of anilines is 2. The average molecular weight is 252 g/mol. The number of hydrogen-bond acceptors (Lipinski definition) is 8. The second-order valence-corrected chi connectivity index (χ2v) is 3.85. The Bertz CT molecular complexity index is 585. The Labute approximate surface area is 101 Å². The van der Waals surface area contributed by atoms with E-state index in [0.29, 0.717) is 17.8 Å². The quantitative estimate of drug-likeness (QED) is 0.600. The summed E-state index contributed by atoms with van der Waals surface area (Å²) >= 11 is 0. The van der Waals surface area contributed by atoms with E-state index in [9.17, 15) is 0 Å². The molecule has 2 aromatic heterocycles. The molecule has 0 aliphatic carbocycles. The summed E-state index contributed by atoms with van der Waals surface area (Å²) in [4.78, 5) is 7.89. The predicted molar refractivity (Wildman–Crippen MR) is 60.3 cm³/mol. The van der Waals surface area contributed by atoms with Crippen LogP contribution in [0.4, 0.5) is 11.9 Å². The number of rotatable bonds is 2. The number of nitrogens with zero attached hydrogens (tertiary/aromatic N) is 4. The van der Waals surface area contributed by atoms with Crippen molar-refractivity contribution >= 4 is 17.5 Å². The van der Waals surface area contributed by atoms with E-state index in [0.717, 1.165) is 0 Å². The van der Waals surface area contributed by atoms with Crippen molar-refractivity contribution in [1.82, 2.24) is 19.6 Å². The fraction of sp³-hybridized carbons (Fsp3) is 0.444. The van der Waals surface area contributed by atoms with Gasteiger partial charge in [0.2, 0.25) is 11.9 Å². The lowest BCUT2D eigenvalue weighted by Crippen LogP contribution is -2.13. The van der Waals surface area contributed by atoms with Gasteiger partial charge in [0.1, 0.15) is 6.10 Å². The van der Waals surface area contributed by atoms with E-state index in [1.807, 2.05) is 0 Å². The Balaban J connectivity index is 2.03. The molecule has 0 saturated carbocycles. The standard InChI is InChI=1S/C9H12N6O3/c10-8-13-7-4(1-12-15(7)9(11)14-8)5-3-17-6(2-16)18-5/h1,5-6,16H,2-3H2,(H4,10,11,13,14)/t5-,6-/m1/s1. The Hall–Kier alpha value is -1.97. The molecule has 9 nitrogen and oxygen atoms in total. The molecule has 3 heterocycles. The van der Waals surface area contributed by atoms with Gasteiger partial charge >= 0.3 is 0 Å². The molecule has 0 bridgehead atoms. The SMILES string of the molecule is Nc1nc(N)n2ncc([C@H]3CO[C@@H](CO)O3)c2n1. The van der Waals surface area contributed by atoms with E-state index in [1.165, 1.54) is 4.52 Å². The minimum atomic E-state index is -0.624. The number of aromatic nitrogens is 4. The van der Waals surface area contributed by atoms with Crippen molar-refractivity contribution in [2.45, 2.75) is 12.4 Å². The van der Waals surface area contributed by atoms with Crippen LogP contribution < -0.4 is 11.5 Å². The Morgan fingerprint density at radius 2 is 2.28 bits per heavy atom. The second kappa shape index (κ2) is 4.05. The maximum atomic E-state index is 8.95. The molecule has 0 spiro atoms. The molecule has 0 unspecified atom stereocenters. The van der Waals surface area contributed by atoms with Crippen LogP contribution in [0.5, 0.6) is 0 Å². The number of hydrogen-bond donors (Lipinski definition) is 3. The van der Waals surface area contributed by atoms with Crippen LogP contribution in [0.15, 0.2) is 6.20 Å². The molecule has 1 aliphatic rings. The summed E-state index contributed by atoms with van der Waals surface area (Å²) < 4.78 is 12.1. The number of ether oxygens (including phenoxy) is 2. The van der Waals surface area contributed by atoms with E-state index in [-0.39, 0.29) is 24.6 Å². The Morgan fingerprint density at radius 3 is 3.00 bits per heavy atom. The van der Waals surface area contributed by atoms with Gasteiger partial charge in [0.25, 0.3) is 0 Å². The molecule has 2 aromatic rings. The van der Waals surface area contributed by atoms with Gasteiger partial charge in [-0.2, -0.15) is 19.6 Å². The number of aliphatic hydroxyl groups is 1. The summed E-state index contributed by atoms with van der Waals surface area (Å²) in [6, 6.07) is 0. The van der Waals surface area contributed by atoms with Crippen LogP contribution >= 0.6 is 0 Å². The van der Waals surface area contributed by atoms with E-state index >= 15 is 0 Å². The highest BCUT2D eigenvalue weighted by Crippen LogP contribution is 2.29. The molecule has 1 saturated heterocycles. The van der Waals surface area contributed by atoms with Crippen LogP contribution in [0, 0.1) is 0 Å². The summed E-state index contributed by atoms with van der Waals surface area (Å²) in [6.07, 6.45) is 0.600. The molecule has 0 radical (unpaired) electrons. The topological polar surface area (TPSA) is 134 Å². The summed E-state index contributed by atoms with van der Waals surface area (Å²) in [5, 5.41) is 13.0. The number of nitrogens with two attached hydrogens (primary N) is 2. The van der Waals surface area contributed by atoms with Crippen molar-refractivity contribution in [2.24, 2.45) is 0 Å². The van der Waals surface area contributed by atoms with E-state index in [1.54, 1.807) is 6.20 Å². The van der Waals surface area contributed by atoms with Crippen molar-refractivity contribution in [3.63, 3.8) is 0 Å². The first-order valence-electron chi connectivity index (χ1n) is 5.33. The van der Waals surface area contributed by atoms with Gasteiger partial charge in [0.15, 0.2) is 11.9 Å². The van der Waals surface area contributed by atoms with Crippen molar-refractivity contribution in [2.75, 3.05) is 24.7 Å². The van der Waals surface area contributed by atoms with Crippen LogP contribution in [0.3, 0.4) is 0 Å². The highest BCUT2D eigenvalue weighted by Gasteiger charge is 2.29. The lowest BCUT2D eigenvalue weighted by atomic mass is 10.2. The fourth-order valence-electron chi connectivity index (χ4n) is 1.87. The zero-order valence-electron chi connectivity index (χ0n) is 9.35. The summed E-state index contributed by atoms with van der Waals surface area (Å²) in [5.41, 5.74) is 12.4. The Morgan fingerprint density at radius 1 is 1.44 bits per heavy atom. The third-order valence-electron chi connectivity index (χ3n) is 2.68. The second-order valence-electron chi connectivity index (χ2n) is 3.85. The van der Waals surface area contributed by atoms with Gasteiger partial charge in [-0.15, -0.1) is 0 Å². The molecule has 96 valence electrons. The monoisotopic (exact) mass is 252 g/mol.